The minimum absolute atomic E-state index is 0.0766. The highest BCUT2D eigenvalue weighted by molar-refractivity contribution is 7.41. The standard InChI is InChI=1S/C30H44FO2P/c1-18-19-15-14-16-20(27(2,3)4)25(19)32-34(31)33-26-22(29(8,9)10)17-21(28(5,6)7)24(23(18)26)30(11,12)13/h14-17,26H,1-13H3/b23-18-. The summed E-state index contributed by atoms with van der Waals surface area (Å²) in [5.74, 6) is 0.615. The molecule has 0 bridgehead atoms. The molecule has 4 heteroatoms. The number of hydrogen-bond acceptors (Lipinski definition) is 2. The van der Waals surface area contributed by atoms with Gasteiger partial charge in [-0.15, -0.1) is 4.20 Å². The van der Waals surface area contributed by atoms with E-state index in [1.807, 2.05) is 6.07 Å². The minimum Gasteiger partial charge on any atom is -0.423 e. The van der Waals surface area contributed by atoms with Crippen molar-refractivity contribution in [2.75, 3.05) is 0 Å². The summed E-state index contributed by atoms with van der Waals surface area (Å²) in [6.45, 7) is 28.7. The number of allylic oxidation sites excluding steroid dienone is 3. The van der Waals surface area contributed by atoms with E-state index in [1.165, 1.54) is 11.1 Å². The maximum atomic E-state index is 15.6. The average Bonchev–Trinajstić information content (AvgIpc) is 2.62. The van der Waals surface area contributed by atoms with E-state index in [4.69, 9.17) is 9.05 Å². The Morgan fingerprint density at radius 2 is 1.38 bits per heavy atom. The van der Waals surface area contributed by atoms with Gasteiger partial charge in [-0.05, 0) is 56.4 Å². The Morgan fingerprint density at radius 3 is 1.85 bits per heavy atom. The molecule has 0 fully saturated rings. The number of benzene rings is 1. The molecule has 0 radical (unpaired) electrons. The second-order valence-electron chi connectivity index (χ2n) is 13.9. The molecule has 34 heavy (non-hydrogen) atoms. The molecule has 1 aliphatic heterocycles. The van der Waals surface area contributed by atoms with Gasteiger partial charge in [0.2, 0.25) is 0 Å². The van der Waals surface area contributed by atoms with Crippen LogP contribution in [-0.2, 0) is 9.94 Å². The smallest absolute Gasteiger partial charge is 0.423 e. The van der Waals surface area contributed by atoms with Gasteiger partial charge in [-0.2, -0.15) is 0 Å². The zero-order valence-corrected chi connectivity index (χ0v) is 24.4. The van der Waals surface area contributed by atoms with Crippen molar-refractivity contribution in [1.82, 2.24) is 0 Å². The molecule has 0 spiro atoms. The first-order valence-electron chi connectivity index (χ1n) is 12.4. The molecular weight excluding hydrogens is 442 g/mol. The van der Waals surface area contributed by atoms with Crippen molar-refractivity contribution in [2.24, 2.45) is 16.2 Å². The van der Waals surface area contributed by atoms with E-state index in [0.29, 0.717) is 5.75 Å². The van der Waals surface area contributed by atoms with E-state index in [2.05, 4.69) is 108 Å². The van der Waals surface area contributed by atoms with Gasteiger partial charge in [0, 0.05) is 11.1 Å². The highest BCUT2D eigenvalue weighted by atomic mass is 31.2. The summed E-state index contributed by atoms with van der Waals surface area (Å²) in [5.41, 5.74) is 7.22. The molecule has 1 aromatic carbocycles. The van der Waals surface area contributed by atoms with Crippen molar-refractivity contribution < 1.29 is 13.2 Å². The molecule has 2 atom stereocenters. The highest BCUT2D eigenvalue weighted by Crippen LogP contribution is 2.58. The molecule has 0 N–H and O–H groups in total. The summed E-state index contributed by atoms with van der Waals surface area (Å²) in [7, 11) is -2.62. The Kier molecular flexibility index (Phi) is 6.86. The molecule has 0 saturated heterocycles. The van der Waals surface area contributed by atoms with Gasteiger partial charge in [0.05, 0.1) is 0 Å². The van der Waals surface area contributed by atoms with Crippen LogP contribution in [0, 0.1) is 16.2 Å². The van der Waals surface area contributed by atoms with Gasteiger partial charge >= 0.3 is 8.69 Å². The fourth-order valence-electron chi connectivity index (χ4n) is 5.08. The van der Waals surface area contributed by atoms with Crippen molar-refractivity contribution in [3.8, 4) is 5.75 Å². The maximum absolute atomic E-state index is 15.6. The molecule has 0 aromatic heterocycles. The second kappa shape index (κ2) is 8.59. The summed E-state index contributed by atoms with van der Waals surface area (Å²) in [6, 6.07) is 6.19. The SMILES string of the molecule is C/C1=C2\C(C(C)(C)C)=C(C(C)(C)C)C=C(C(C)(C)C)C2OP(F)Oc2c1cccc2C(C)(C)C. The average molecular weight is 487 g/mol. The van der Waals surface area contributed by atoms with Crippen molar-refractivity contribution in [3.05, 3.63) is 57.7 Å². The van der Waals surface area contributed by atoms with Gasteiger partial charge in [0.1, 0.15) is 11.9 Å². The van der Waals surface area contributed by atoms with Crippen LogP contribution in [0.15, 0.2) is 46.6 Å². The van der Waals surface area contributed by atoms with Crippen LogP contribution in [0.2, 0.25) is 0 Å². The van der Waals surface area contributed by atoms with E-state index in [-0.39, 0.29) is 21.7 Å². The van der Waals surface area contributed by atoms with E-state index in [0.717, 1.165) is 27.8 Å². The molecule has 2 nitrogen and oxygen atoms in total. The van der Waals surface area contributed by atoms with Gasteiger partial charge in [-0.25, -0.2) is 0 Å². The Labute approximate surface area is 208 Å². The van der Waals surface area contributed by atoms with Crippen LogP contribution < -0.4 is 4.52 Å². The van der Waals surface area contributed by atoms with Crippen LogP contribution in [0.4, 0.5) is 4.20 Å². The third kappa shape index (κ3) is 5.07. The molecule has 1 heterocycles. The van der Waals surface area contributed by atoms with E-state index in [9.17, 15) is 0 Å². The Bertz CT molecular complexity index is 1060. The Hall–Kier alpha value is -1.44. The number of rotatable bonds is 0. The maximum Gasteiger partial charge on any atom is 0.440 e. The molecule has 1 aliphatic carbocycles. The second-order valence-corrected chi connectivity index (χ2v) is 14.7. The third-order valence-electron chi connectivity index (χ3n) is 6.79. The van der Waals surface area contributed by atoms with Gasteiger partial charge < -0.3 is 4.52 Å². The van der Waals surface area contributed by atoms with Crippen molar-refractivity contribution in [3.63, 3.8) is 0 Å². The number of fused-ring (bicyclic) bond motifs is 2. The summed E-state index contributed by atoms with van der Waals surface area (Å²) >= 11 is 0. The first-order chi connectivity index (χ1) is 15.2. The molecule has 0 saturated carbocycles. The van der Waals surface area contributed by atoms with Crippen molar-refractivity contribution in [1.29, 1.82) is 0 Å². The van der Waals surface area contributed by atoms with Crippen molar-refractivity contribution in [2.45, 2.75) is 102 Å². The Balaban J connectivity index is 2.54. The zero-order valence-electron chi connectivity index (χ0n) is 23.5. The first-order valence-corrected chi connectivity index (χ1v) is 13.4. The van der Waals surface area contributed by atoms with Crippen LogP contribution in [0.5, 0.6) is 5.75 Å². The summed E-state index contributed by atoms with van der Waals surface area (Å²) in [4.78, 5) is 0. The molecule has 0 amide bonds. The largest absolute Gasteiger partial charge is 0.440 e. The lowest BCUT2D eigenvalue weighted by Gasteiger charge is -2.45. The first kappa shape index (κ1) is 27.2. The van der Waals surface area contributed by atoms with Gasteiger partial charge in [-0.1, -0.05) is 107 Å². The van der Waals surface area contributed by atoms with Gasteiger partial charge in [0.25, 0.3) is 0 Å². The minimum atomic E-state index is -2.62. The summed E-state index contributed by atoms with van der Waals surface area (Å²) < 4.78 is 27.9. The monoisotopic (exact) mass is 486 g/mol. The summed E-state index contributed by atoms with van der Waals surface area (Å²) in [6.07, 6.45) is 1.81. The lowest BCUT2D eigenvalue weighted by Crippen LogP contribution is -2.36. The number of halogens is 1. The van der Waals surface area contributed by atoms with E-state index < -0.39 is 14.8 Å². The molecule has 3 rings (SSSR count). The molecule has 188 valence electrons. The Morgan fingerprint density at radius 1 is 0.794 bits per heavy atom. The van der Waals surface area contributed by atoms with Crippen LogP contribution in [0.3, 0.4) is 0 Å². The van der Waals surface area contributed by atoms with Gasteiger partial charge in [0.15, 0.2) is 0 Å². The highest BCUT2D eigenvalue weighted by Gasteiger charge is 2.44. The van der Waals surface area contributed by atoms with Crippen LogP contribution in [0.25, 0.3) is 5.57 Å². The topological polar surface area (TPSA) is 18.5 Å². The van der Waals surface area contributed by atoms with E-state index in [1.54, 1.807) is 0 Å². The molecule has 2 unspecified atom stereocenters. The fourth-order valence-corrected chi connectivity index (χ4v) is 5.85. The van der Waals surface area contributed by atoms with Crippen LogP contribution >= 0.6 is 8.69 Å². The quantitative estimate of drug-likeness (QED) is 0.340. The lowest BCUT2D eigenvalue weighted by atomic mass is 9.63. The number of hydrogen-bond donors (Lipinski definition) is 0. The molecule has 2 aliphatic rings. The molecule has 1 aromatic rings. The zero-order chi connectivity index (χ0) is 26.0. The number of para-hydroxylation sites is 1. The predicted molar refractivity (Wildman–Crippen MR) is 145 cm³/mol. The van der Waals surface area contributed by atoms with Crippen molar-refractivity contribution >= 4 is 14.3 Å². The predicted octanol–water partition coefficient (Wildman–Crippen LogP) is 10.1. The van der Waals surface area contributed by atoms with E-state index >= 15 is 4.20 Å². The fraction of sp³-hybridized carbons (Fsp3) is 0.600. The normalized spacial score (nSPS) is 24.6. The van der Waals surface area contributed by atoms with Gasteiger partial charge in [-0.3, -0.25) is 4.52 Å². The third-order valence-corrected chi connectivity index (χ3v) is 7.49. The molecular formula is C30H44FO2P. The summed E-state index contributed by atoms with van der Waals surface area (Å²) in [5, 5.41) is 0. The van der Waals surface area contributed by atoms with Crippen LogP contribution in [0.1, 0.15) is 101 Å². The van der Waals surface area contributed by atoms with Crippen LogP contribution in [-0.4, -0.2) is 6.10 Å². The lowest BCUT2D eigenvalue weighted by molar-refractivity contribution is 0.218.